The van der Waals surface area contributed by atoms with Crippen molar-refractivity contribution in [2.45, 2.75) is 0 Å². The van der Waals surface area contributed by atoms with E-state index in [-0.39, 0.29) is 0 Å². The number of hydrogen-bond acceptors (Lipinski definition) is 9. The van der Waals surface area contributed by atoms with Gasteiger partial charge in [0.1, 0.15) is 0 Å². The number of fused-ring (bicyclic) bond motifs is 23. The Kier molecular flexibility index (Phi) is 20.8. The molecular weight excluding hydrogens is 1840 g/mol. The van der Waals surface area contributed by atoms with Crippen LogP contribution in [0.5, 0.6) is 0 Å². The van der Waals surface area contributed by atoms with Crippen LogP contribution in [-0.4, -0.2) is 0 Å². The average molecular weight is 1930 g/mol. The second-order valence-corrected chi connectivity index (χ2v) is 43.1. The molecule has 0 amide bonds. The molecule has 0 atom stereocenters. The highest BCUT2D eigenvalue weighted by Crippen LogP contribution is 2.55. The Morgan fingerprint density at radius 3 is 0.804 bits per heavy atom. The molecule has 143 heavy (non-hydrogen) atoms. The van der Waals surface area contributed by atoms with Crippen LogP contribution in [0.1, 0.15) is 0 Å². The number of hydrogen-bond donors (Lipinski definition) is 0. The molecule has 0 fully saturated rings. The van der Waals surface area contributed by atoms with Crippen molar-refractivity contribution in [2.24, 2.45) is 0 Å². The van der Waals surface area contributed by atoms with Gasteiger partial charge in [-0.05, 0) is 216 Å². The number of rotatable bonds is 13. The van der Waals surface area contributed by atoms with Gasteiger partial charge in [-0.25, -0.2) is 0 Å². The lowest BCUT2D eigenvalue weighted by atomic mass is 9.95. The molecule has 6 aromatic heterocycles. The largest absolute Gasteiger partial charge is 0.308 e. The summed E-state index contributed by atoms with van der Waals surface area (Å²) in [5.41, 5.74) is 20.5. The zero-order chi connectivity index (χ0) is 94.1. The fraction of sp³-hybridized carbons (Fsp3) is 0. The highest BCUT2D eigenvalue weighted by Gasteiger charge is 2.28. The van der Waals surface area contributed by atoms with Crippen LogP contribution in [0.15, 0.2) is 504 Å². The molecule has 3 nitrogen and oxygen atoms in total. The first-order valence-electron chi connectivity index (χ1n) is 48.5. The molecule has 0 aliphatic rings. The summed E-state index contributed by atoms with van der Waals surface area (Å²) in [5.74, 6) is 0. The van der Waals surface area contributed by atoms with Crippen molar-refractivity contribution in [3.8, 4) is 44.5 Å². The van der Waals surface area contributed by atoms with Crippen molar-refractivity contribution in [1.82, 2.24) is 0 Å². The van der Waals surface area contributed by atoms with Gasteiger partial charge in [-0.15, -0.1) is 68.0 Å². The van der Waals surface area contributed by atoms with E-state index < -0.39 is 0 Å². The topological polar surface area (TPSA) is 9.72 Å². The smallest absolute Gasteiger partial charge is 0.0640 e. The fourth-order valence-corrected chi connectivity index (χ4v) is 28.8. The highest BCUT2D eigenvalue weighted by molar-refractivity contribution is 7.28. The average Bonchev–Trinajstić information content (AvgIpc) is 1.73. The molecular formula is C134H83N3S6. The Bertz CT molecular complexity index is 10300. The predicted molar refractivity (Wildman–Crippen MR) is 630 cm³/mol. The number of anilines is 9. The monoisotopic (exact) mass is 1930 g/mol. The molecule has 6 heterocycles. The van der Waals surface area contributed by atoms with Crippen molar-refractivity contribution in [1.29, 1.82) is 0 Å². The van der Waals surface area contributed by atoms with Gasteiger partial charge in [0, 0.05) is 140 Å². The second-order valence-electron chi connectivity index (χ2n) is 36.7. The lowest BCUT2D eigenvalue weighted by Gasteiger charge is -2.29. The number of nitrogens with zero attached hydrogens (tertiary/aromatic N) is 3. The van der Waals surface area contributed by atoms with Gasteiger partial charge in [0.2, 0.25) is 0 Å². The third-order valence-corrected chi connectivity index (χ3v) is 35.7. The van der Waals surface area contributed by atoms with Gasteiger partial charge in [0.05, 0.1) is 53.9 Å². The van der Waals surface area contributed by atoms with Crippen LogP contribution in [-0.2, 0) is 0 Å². The molecule has 0 unspecified atom stereocenters. The van der Waals surface area contributed by atoms with Gasteiger partial charge < -0.3 is 14.7 Å². The predicted octanol–water partition coefficient (Wildman–Crippen LogP) is 42.1. The maximum Gasteiger partial charge on any atom is 0.0640 e. The van der Waals surface area contributed by atoms with Gasteiger partial charge in [0.25, 0.3) is 0 Å². The Morgan fingerprint density at radius 1 is 0.119 bits per heavy atom. The van der Waals surface area contributed by atoms with Crippen LogP contribution < -0.4 is 14.7 Å². The normalized spacial score (nSPS) is 11.8. The molecule has 30 rings (SSSR count). The van der Waals surface area contributed by atoms with Crippen LogP contribution in [0, 0.1) is 0 Å². The quantitative estimate of drug-likeness (QED) is 0.114. The van der Waals surface area contributed by atoms with Gasteiger partial charge >= 0.3 is 0 Å². The molecule has 0 bridgehead atoms. The maximum atomic E-state index is 2.50. The SMILES string of the molecule is c1ccc(-c2ccc(N(c3ccc(-c4ccc5sc6ccccc6c5c4)c4ccccc34)c3cccc4c3sc3ccccc34)cc2)cc1.c1ccc2c(N(c3ccc(-c4ccc5sc6ccccc6c5c4)c4ccccc34)c3cccc4c3sc3ccccc34)cccc2c1.c1ccc2cc(N(c3ccc(-c4ccc5sc6ccccc6c5c4)c4ccccc34)c3cccc4c3sc3ccccc34)ccc2c1. The zero-order valence-corrected chi connectivity index (χ0v) is 82.1. The highest BCUT2D eigenvalue weighted by atomic mass is 32.1. The molecule has 0 saturated heterocycles. The summed E-state index contributed by atoms with van der Waals surface area (Å²) in [6.45, 7) is 0. The molecule has 9 heteroatoms. The van der Waals surface area contributed by atoms with Crippen LogP contribution in [0.2, 0.25) is 0 Å². The van der Waals surface area contributed by atoms with Crippen molar-refractivity contribution in [3.05, 3.63) is 504 Å². The van der Waals surface area contributed by atoms with Crippen LogP contribution in [0.25, 0.3) is 219 Å². The summed E-state index contributed by atoms with van der Waals surface area (Å²) in [4.78, 5) is 7.45. The van der Waals surface area contributed by atoms with E-state index in [0.717, 1.165) is 11.4 Å². The Balaban J connectivity index is 0.000000105. The molecule has 0 saturated carbocycles. The molecule has 0 N–H and O–H groups in total. The molecule has 30 aromatic rings. The van der Waals surface area contributed by atoms with Crippen molar-refractivity contribution >= 4 is 294 Å². The molecule has 0 aliphatic heterocycles. The summed E-state index contributed by atoms with van der Waals surface area (Å²) < 4.78 is 15.8. The summed E-state index contributed by atoms with van der Waals surface area (Å²) in [6, 6.07) is 185. The van der Waals surface area contributed by atoms with E-state index >= 15 is 0 Å². The Labute approximate surface area is 849 Å². The van der Waals surface area contributed by atoms with Gasteiger partial charge in [-0.1, -0.05) is 364 Å². The zero-order valence-electron chi connectivity index (χ0n) is 77.2. The first-order valence-corrected chi connectivity index (χ1v) is 53.4. The minimum absolute atomic E-state index is 1.13. The van der Waals surface area contributed by atoms with E-state index in [1.54, 1.807) is 0 Å². The summed E-state index contributed by atoms with van der Waals surface area (Å²) in [5, 5.41) is 28.1. The van der Waals surface area contributed by atoms with Crippen molar-refractivity contribution < 1.29 is 0 Å². The van der Waals surface area contributed by atoms with E-state index in [9.17, 15) is 0 Å². The molecule has 0 radical (unpaired) electrons. The van der Waals surface area contributed by atoms with E-state index in [4.69, 9.17) is 0 Å². The lowest BCUT2D eigenvalue weighted by Crippen LogP contribution is -2.11. The first-order chi connectivity index (χ1) is 70.9. The second kappa shape index (κ2) is 35.3. The van der Waals surface area contributed by atoms with E-state index in [2.05, 4.69) is 518 Å². The van der Waals surface area contributed by atoms with Gasteiger partial charge in [-0.3, -0.25) is 0 Å². The van der Waals surface area contributed by atoms with Crippen LogP contribution in [0.4, 0.5) is 51.2 Å². The third kappa shape index (κ3) is 14.6. The number of benzene rings is 24. The standard InChI is InChI=1S/C46H29NS2.2C44H27NS2/c1-2-11-30(12-3-1)31-21-24-33(25-22-31)47(42-18-10-17-39-37-15-6-9-20-44(37)49-46(39)42)41-27-26-34(35-13-4-5-14-36(35)41)32-23-28-45-40(29-32)38-16-7-8-19-43(38)48-45;1-2-13-31-28(11-1)12-9-19-38(31)45(40-20-10-18-36-34-16-5-8-22-42(34)47-44(36)40)39-25-24-30(32-14-3-4-15-33(32)39)29-23-26-43-37(27-29)35-17-6-7-21-41(35)46-43;1-2-11-29-26-31(22-20-28(29)10-1)45(40-17-9-16-37-35-14-5-8-19-42(35)47-44(37)40)39-24-23-32(33-12-3-4-13-34(33)39)30-21-25-43-38(27-30)36-15-6-7-18-41(36)46-43/h1-29H;2*1-27H. The summed E-state index contributed by atoms with van der Waals surface area (Å²) >= 11 is 11.2. The van der Waals surface area contributed by atoms with E-state index in [0.29, 0.717) is 0 Å². The fourth-order valence-electron chi connectivity index (χ4n) is 22.0. The molecule has 24 aromatic carbocycles. The molecule has 0 aliphatic carbocycles. The molecule has 0 spiro atoms. The summed E-state index contributed by atoms with van der Waals surface area (Å²) in [6.07, 6.45) is 0. The van der Waals surface area contributed by atoms with E-state index in [1.165, 1.54) is 259 Å². The molecule has 670 valence electrons. The first kappa shape index (κ1) is 84.4. The van der Waals surface area contributed by atoms with E-state index in [1.807, 2.05) is 68.0 Å². The number of thiophene rings is 6. The minimum Gasteiger partial charge on any atom is -0.308 e. The Morgan fingerprint density at radius 2 is 0.385 bits per heavy atom. The summed E-state index contributed by atoms with van der Waals surface area (Å²) in [7, 11) is 0. The lowest BCUT2D eigenvalue weighted by molar-refractivity contribution is 1.32. The van der Waals surface area contributed by atoms with Crippen LogP contribution >= 0.6 is 68.0 Å². The van der Waals surface area contributed by atoms with Crippen molar-refractivity contribution in [2.75, 3.05) is 14.7 Å². The van der Waals surface area contributed by atoms with Crippen molar-refractivity contribution in [3.63, 3.8) is 0 Å². The van der Waals surface area contributed by atoms with Crippen LogP contribution in [0.3, 0.4) is 0 Å². The minimum atomic E-state index is 1.13. The third-order valence-electron chi connectivity index (χ3n) is 28.6. The van der Waals surface area contributed by atoms with Gasteiger partial charge in [-0.2, -0.15) is 0 Å². The Hall–Kier alpha value is -16.7. The maximum absolute atomic E-state index is 2.50. The van der Waals surface area contributed by atoms with Gasteiger partial charge in [0.15, 0.2) is 0 Å².